The molecule has 24 heavy (non-hydrogen) atoms. The number of nitrogens with zero attached hydrogens (tertiary/aromatic N) is 1. The van der Waals surface area contributed by atoms with Gasteiger partial charge in [-0.3, -0.25) is 9.59 Å². The number of anilines is 1. The number of ether oxygens (including phenoxy) is 1. The Balaban J connectivity index is 1.80. The maximum Gasteiger partial charge on any atom is 0.261 e. The molecule has 0 atom stereocenters. The summed E-state index contributed by atoms with van der Waals surface area (Å²) in [6, 6.07) is 16.6. The predicted molar refractivity (Wildman–Crippen MR) is 93.8 cm³/mol. The zero-order valence-electron chi connectivity index (χ0n) is 13.6. The van der Waals surface area contributed by atoms with Crippen molar-refractivity contribution in [1.29, 1.82) is 0 Å². The van der Waals surface area contributed by atoms with E-state index in [1.54, 1.807) is 30.3 Å². The van der Waals surface area contributed by atoms with Crippen molar-refractivity contribution in [3.05, 3.63) is 65.7 Å². The van der Waals surface area contributed by atoms with Gasteiger partial charge in [0.05, 0.1) is 18.7 Å². The highest BCUT2D eigenvalue weighted by atomic mass is 16.5. The molecule has 0 saturated carbocycles. The van der Waals surface area contributed by atoms with Crippen LogP contribution in [0.4, 0.5) is 5.69 Å². The Morgan fingerprint density at radius 2 is 1.75 bits per heavy atom. The number of carbonyl (C=O) groups is 2. The number of imide groups is 1. The van der Waals surface area contributed by atoms with Gasteiger partial charge in [-0.2, -0.15) is 0 Å². The van der Waals surface area contributed by atoms with Gasteiger partial charge in [-0.15, -0.1) is 0 Å². The predicted octanol–water partition coefficient (Wildman–Crippen LogP) is 3.82. The normalized spacial score (nSPS) is 16.0. The van der Waals surface area contributed by atoms with Crippen molar-refractivity contribution in [2.75, 3.05) is 11.5 Å². The van der Waals surface area contributed by atoms with Crippen LogP contribution in [0.1, 0.15) is 25.3 Å². The van der Waals surface area contributed by atoms with Crippen LogP contribution >= 0.6 is 0 Å². The zero-order valence-corrected chi connectivity index (χ0v) is 13.6. The molecule has 1 fully saturated rings. The molecule has 2 aromatic rings. The molecule has 2 aromatic carbocycles. The third kappa shape index (κ3) is 3.38. The number of benzene rings is 2. The maximum atomic E-state index is 12.6. The van der Waals surface area contributed by atoms with Gasteiger partial charge < -0.3 is 4.74 Å². The van der Waals surface area contributed by atoms with Crippen LogP contribution in [0.3, 0.4) is 0 Å². The lowest BCUT2D eigenvalue weighted by molar-refractivity contribution is -0.120. The third-order valence-electron chi connectivity index (χ3n) is 3.78. The first-order valence-electron chi connectivity index (χ1n) is 8.05. The van der Waals surface area contributed by atoms with Crippen LogP contribution < -0.4 is 9.64 Å². The standard InChI is InChI=1S/C20H19NO3/c1-2-12-24-18-10-8-17(9-11-18)21-19(22)14-16(20(21)23)13-15-6-4-3-5-7-15/h3-11,13H,2,12,14H2,1H3/b16-13-. The van der Waals surface area contributed by atoms with Crippen LogP contribution in [0.5, 0.6) is 5.75 Å². The topological polar surface area (TPSA) is 46.6 Å². The average molecular weight is 321 g/mol. The lowest BCUT2D eigenvalue weighted by Gasteiger charge is -2.14. The minimum absolute atomic E-state index is 0.127. The molecule has 4 nitrogen and oxygen atoms in total. The molecule has 1 heterocycles. The van der Waals surface area contributed by atoms with Crippen molar-refractivity contribution >= 4 is 23.6 Å². The van der Waals surface area contributed by atoms with Gasteiger partial charge in [0.1, 0.15) is 5.75 Å². The van der Waals surface area contributed by atoms with E-state index in [1.807, 2.05) is 37.3 Å². The maximum absolute atomic E-state index is 12.6. The zero-order chi connectivity index (χ0) is 16.9. The summed E-state index contributed by atoms with van der Waals surface area (Å²) in [6.07, 6.45) is 2.83. The Bertz CT molecular complexity index is 763. The molecule has 4 heteroatoms. The van der Waals surface area contributed by atoms with Gasteiger partial charge in [0, 0.05) is 5.57 Å². The van der Waals surface area contributed by atoms with Gasteiger partial charge in [0.25, 0.3) is 5.91 Å². The molecule has 3 rings (SSSR count). The molecule has 1 aliphatic heterocycles. The molecular formula is C20H19NO3. The molecule has 0 N–H and O–H groups in total. The monoisotopic (exact) mass is 321 g/mol. The van der Waals surface area contributed by atoms with E-state index < -0.39 is 0 Å². The van der Waals surface area contributed by atoms with Crippen LogP contribution in [-0.4, -0.2) is 18.4 Å². The van der Waals surface area contributed by atoms with Gasteiger partial charge in [-0.1, -0.05) is 37.3 Å². The fourth-order valence-corrected chi connectivity index (χ4v) is 2.61. The number of carbonyl (C=O) groups excluding carboxylic acids is 2. The summed E-state index contributed by atoms with van der Waals surface area (Å²) < 4.78 is 5.53. The van der Waals surface area contributed by atoms with E-state index in [9.17, 15) is 9.59 Å². The van der Waals surface area contributed by atoms with Crippen molar-refractivity contribution < 1.29 is 14.3 Å². The van der Waals surface area contributed by atoms with Crippen molar-refractivity contribution in [2.24, 2.45) is 0 Å². The van der Waals surface area contributed by atoms with Crippen molar-refractivity contribution in [3.8, 4) is 5.75 Å². The Morgan fingerprint density at radius 1 is 1.04 bits per heavy atom. The summed E-state index contributed by atoms with van der Waals surface area (Å²) in [5.74, 6) is 0.273. The number of rotatable bonds is 5. The van der Waals surface area contributed by atoms with E-state index in [1.165, 1.54) is 4.90 Å². The van der Waals surface area contributed by atoms with E-state index in [-0.39, 0.29) is 18.2 Å². The SMILES string of the molecule is CCCOc1ccc(N2C(=O)C/C(=C/c3ccccc3)C2=O)cc1. The summed E-state index contributed by atoms with van der Waals surface area (Å²) in [4.78, 5) is 26.1. The number of hydrogen-bond acceptors (Lipinski definition) is 3. The van der Waals surface area contributed by atoms with Crippen LogP contribution in [0.15, 0.2) is 60.2 Å². The summed E-state index contributed by atoms with van der Waals surface area (Å²) in [5.41, 5.74) is 2.00. The molecule has 2 amide bonds. The average Bonchev–Trinajstić information content (AvgIpc) is 2.88. The molecule has 0 bridgehead atoms. The first-order valence-corrected chi connectivity index (χ1v) is 8.05. The lowest BCUT2D eigenvalue weighted by Crippen LogP contribution is -2.28. The Hall–Kier alpha value is -2.88. The van der Waals surface area contributed by atoms with E-state index in [2.05, 4.69) is 0 Å². The highest BCUT2D eigenvalue weighted by Gasteiger charge is 2.34. The molecule has 0 radical (unpaired) electrons. The second-order valence-corrected chi connectivity index (χ2v) is 5.63. The second kappa shape index (κ2) is 7.13. The molecule has 0 unspecified atom stereocenters. The quantitative estimate of drug-likeness (QED) is 0.621. The smallest absolute Gasteiger partial charge is 0.261 e. The summed E-state index contributed by atoms with van der Waals surface area (Å²) in [7, 11) is 0. The van der Waals surface area contributed by atoms with Crippen molar-refractivity contribution in [2.45, 2.75) is 19.8 Å². The molecule has 0 aromatic heterocycles. The second-order valence-electron chi connectivity index (χ2n) is 5.63. The van der Waals surface area contributed by atoms with Crippen molar-refractivity contribution in [3.63, 3.8) is 0 Å². The van der Waals surface area contributed by atoms with E-state index in [4.69, 9.17) is 4.74 Å². The molecule has 1 saturated heterocycles. The highest BCUT2D eigenvalue weighted by molar-refractivity contribution is 6.29. The molecule has 0 aliphatic carbocycles. The van der Waals surface area contributed by atoms with Crippen LogP contribution in [0.2, 0.25) is 0 Å². The van der Waals surface area contributed by atoms with Gasteiger partial charge in [-0.25, -0.2) is 4.90 Å². The molecule has 1 aliphatic rings. The van der Waals surface area contributed by atoms with E-state index in [0.717, 1.165) is 17.7 Å². The van der Waals surface area contributed by atoms with Crippen LogP contribution in [0, 0.1) is 0 Å². The Labute approximate surface area is 141 Å². The number of hydrogen-bond donors (Lipinski definition) is 0. The molecule has 0 spiro atoms. The Kier molecular flexibility index (Phi) is 4.75. The fraction of sp³-hybridized carbons (Fsp3) is 0.200. The van der Waals surface area contributed by atoms with Gasteiger partial charge >= 0.3 is 0 Å². The minimum atomic E-state index is -0.258. The fourth-order valence-electron chi connectivity index (χ4n) is 2.61. The Morgan fingerprint density at radius 3 is 2.42 bits per heavy atom. The van der Waals surface area contributed by atoms with Gasteiger partial charge in [0.15, 0.2) is 0 Å². The summed E-state index contributed by atoms with van der Waals surface area (Å²) in [5, 5.41) is 0. The minimum Gasteiger partial charge on any atom is -0.494 e. The summed E-state index contributed by atoms with van der Waals surface area (Å²) >= 11 is 0. The first-order chi connectivity index (χ1) is 11.7. The third-order valence-corrected chi connectivity index (χ3v) is 3.78. The van der Waals surface area contributed by atoms with Crippen LogP contribution in [0.25, 0.3) is 6.08 Å². The summed E-state index contributed by atoms with van der Waals surface area (Å²) in [6.45, 7) is 2.68. The van der Waals surface area contributed by atoms with Gasteiger partial charge in [-0.05, 0) is 42.3 Å². The largest absolute Gasteiger partial charge is 0.494 e. The van der Waals surface area contributed by atoms with E-state index >= 15 is 0 Å². The number of amides is 2. The van der Waals surface area contributed by atoms with Crippen molar-refractivity contribution in [1.82, 2.24) is 0 Å². The van der Waals surface area contributed by atoms with Crippen LogP contribution in [-0.2, 0) is 9.59 Å². The first kappa shape index (κ1) is 16.0. The molecule has 122 valence electrons. The van der Waals surface area contributed by atoms with Gasteiger partial charge in [0.2, 0.25) is 5.91 Å². The van der Waals surface area contributed by atoms with E-state index in [0.29, 0.717) is 17.9 Å². The lowest BCUT2D eigenvalue weighted by atomic mass is 10.1. The highest BCUT2D eigenvalue weighted by Crippen LogP contribution is 2.28. The molecular weight excluding hydrogens is 302 g/mol.